The van der Waals surface area contributed by atoms with Gasteiger partial charge in [0.1, 0.15) is 0 Å². The predicted octanol–water partition coefficient (Wildman–Crippen LogP) is 3.11. The van der Waals surface area contributed by atoms with Gasteiger partial charge >= 0.3 is 6.18 Å². The van der Waals surface area contributed by atoms with Crippen LogP contribution in [-0.4, -0.2) is 12.0 Å². The van der Waals surface area contributed by atoms with Crippen LogP contribution in [0.3, 0.4) is 0 Å². The minimum Gasteiger partial charge on any atom is -0.295 e. The molecule has 0 atom stereocenters. The zero-order chi connectivity index (χ0) is 10.8. The molecule has 0 aromatic carbocycles. The van der Waals surface area contributed by atoms with Crippen molar-refractivity contribution in [3.8, 4) is 0 Å². The number of hydrogen-bond donors (Lipinski definition) is 0. The third-order valence-corrected chi connectivity index (χ3v) is 2.79. The van der Waals surface area contributed by atoms with Crippen LogP contribution in [0.5, 0.6) is 0 Å². The molecule has 1 aliphatic rings. The molecule has 0 aliphatic heterocycles. The van der Waals surface area contributed by atoms with Crippen molar-refractivity contribution in [3.63, 3.8) is 0 Å². The standard InChI is InChI=1S/C10H13F3O/c1-2-9(14)7-3-5-8(6-4-7)10(11,12)13/h2,7-8H,1,3-6H2. The van der Waals surface area contributed by atoms with Gasteiger partial charge < -0.3 is 0 Å². The Labute approximate surface area is 81.0 Å². The van der Waals surface area contributed by atoms with E-state index in [9.17, 15) is 18.0 Å². The molecular formula is C10H13F3O. The van der Waals surface area contributed by atoms with Gasteiger partial charge in [0.2, 0.25) is 0 Å². The number of carbonyl (C=O) groups is 1. The Kier molecular flexibility index (Phi) is 3.34. The monoisotopic (exact) mass is 206 g/mol. The molecule has 0 radical (unpaired) electrons. The lowest BCUT2D eigenvalue weighted by Crippen LogP contribution is -2.29. The van der Waals surface area contributed by atoms with Crippen LogP contribution in [0.15, 0.2) is 12.7 Å². The fraction of sp³-hybridized carbons (Fsp3) is 0.700. The van der Waals surface area contributed by atoms with Gasteiger partial charge in [-0.25, -0.2) is 0 Å². The average molecular weight is 206 g/mol. The summed E-state index contributed by atoms with van der Waals surface area (Å²) in [5.41, 5.74) is 0. The second-order valence-electron chi connectivity index (χ2n) is 3.70. The highest BCUT2D eigenvalue weighted by atomic mass is 19.4. The highest BCUT2D eigenvalue weighted by Gasteiger charge is 2.42. The molecule has 80 valence electrons. The molecule has 1 nitrogen and oxygen atoms in total. The summed E-state index contributed by atoms with van der Waals surface area (Å²) < 4.78 is 36.7. The predicted molar refractivity (Wildman–Crippen MR) is 46.7 cm³/mol. The Balaban J connectivity index is 2.46. The maximum atomic E-state index is 12.2. The Morgan fingerprint density at radius 1 is 1.21 bits per heavy atom. The van der Waals surface area contributed by atoms with Crippen LogP contribution in [0.1, 0.15) is 25.7 Å². The van der Waals surface area contributed by atoms with E-state index < -0.39 is 12.1 Å². The number of rotatable bonds is 2. The van der Waals surface area contributed by atoms with Crippen LogP contribution in [0, 0.1) is 11.8 Å². The van der Waals surface area contributed by atoms with Crippen LogP contribution in [0.4, 0.5) is 13.2 Å². The largest absolute Gasteiger partial charge is 0.391 e. The summed E-state index contributed by atoms with van der Waals surface area (Å²) in [5, 5.41) is 0. The molecular weight excluding hydrogens is 193 g/mol. The van der Waals surface area contributed by atoms with Gasteiger partial charge in [-0.15, -0.1) is 0 Å². The van der Waals surface area contributed by atoms with Crippen molar-refractivity contribution in [2.45, 2.75) is 31.9 Å². The van der Waals surface area contributed by atoms with E-state index in [1.165, 1.54) is 6.08 Å². The molecule has 1 fully saturated rings. The smallest absolute Gasteiger partial charge is 0.295 e. The molecule has 0 amide bonds. The van der Waals surface area contributed by atoms with Crippen molar-refractivity contribution in [2.24, 2.45) is 11.8 Å². The summed E-state index contributed by atoms with van der Waals surface area (Å²) >= 11 is 0. The number of hydrogen-bond acceptors (Lipinski definition) is 1. The Hall–Kier alpha value is -0.800. The molecule has 0 saturated heterocycles. The van der Waals surface area contributed by atoms with E-state index in [1.807, 2.05) is 0 Å². The zero-order valence-corrected chi connectivity index (χ0v) is 7.81. The van der Waals surface area contributed by atoms with Gasteiger partial charge in [-0.05, 0) is 31.8 Å². The zero-order valence-electron chi connectivity index (χ0n) is 7.81. The van der Waals surface area contributed by atoms with Gasteiger partial charge in [-0.2, -0.15) is 13.2 Å². The fourth-order valence-electron chi connectivity index (χ4n) is 1.87. The van der Waals surface area contributed by atoms with Crippen molar-refractivity contribution in [1.82, 2.24) is 0 Å². The van der Waals surface area contributed by atoms with E-state index in [1.54, 1.807) is 0 Å². The first-order valence-corrected chi connectivity index (χ1v) is 4.68. The topological polar surface area (TPSA) is 17.1 Å². The van der Waals surface area contributed by atoms with Crippen molar-refractivity contribution in [1.29, 1.82) is 0 Å². The van der Waals surface area contributed by atoms with Crippen molar-refractivity contribution in [2.75, 3.05) is 0 Å². The summed E-state index contributed by atoms with van der Waals surface area (Å²) in [7, 11) is 0. The van der Waals surface area contributed by atoms with Crippen LogP contribution in [-0.2, 0) is 4.79 Å². The quantitative estimate of drug-likeness (QED) is 0.634. The van der Waals surface area contributed by atoms with E-state index in [0.717, 1.165) is 0 Å². The van der Waals surface area contributed by atoms with E-state index in [2.05, 4.69) is 6.58 Å². The van der Waals surface area contributed by atoms with Gasteiger partial charge in [-0.3, -0.25) is 4.79 Å². The lowest BCUT2D eigenvalue weighted by Gasteiger charge is -2.28. The van der Waals surface area contributed by atoms with E-state index in [4.69, 9.17) is 0 Å². The lowest BCUT2D eigenvalue weighted by atomic mass is 9.80. The molecule has 0 spiro atoms. The molecule has 0 aromatic heterocycles. The van der Waals surface area contributed by atoms with E-state index in [0.29, 0.717) is 12.8 Å². The van der Waals surface area contributed by atoms with Crippen molar-refractivity contribution < 1.29 is 18.0 Å². The number of halogens is 3. The summed E-state index contributed by atoms with van der Waals surface area (Å²) in [6, 6.07) is 0. The third kappa shape index (κ3) is 2.59. The first kappa shape index (κ1) is 11.3. The number of carbonyl (C=O) groups excluding carboxylic acids is 1. The molecule has 0 aromatic rings. The fourth-order valence-corrected chi connectivity index (χ4v) is 1.87. The van der Waals surface area contributed by atoms with Gasteiger partial charge in [-0.1, -0.05) is 6.58 Å². The number of allylic oxidation sites excluding steroid dienone is 1. The molecule has 1 saturated carbocycles. The molecule has 1 aliphatic carbocycles. The molecule has 0 bridgehead atoms. The summed E-state index contributed by atoms with van der Waals surface area (Å²) in [5.74, 6) is -1.56. The minimum absolute atomic E-state index is 0.0771. The van der Waals surface area contributed by atoms with E-state index >= 15 is 0 Å². The lowest BCUT2D eigenvalue weighted by molar-refractivity contribution is -0.184. The van der Waals surface area contributed by atoms with Crippen LogP contribution < -0.4 is 0 Å². The van der Waals surface area contributed by atoms with Gasteiger partial charge in [0.05, 0.1) is 5.92 Å². The average Bonchev–Trinajstić information content (AvgIpc) is 2.15. The molecule has 0 heterocycles. The SMILES string of the molecule is C=CC(=O)C1CCC(C(F)(F)F)CC1. The Bertz CT molecular complexity index is 224. The summed E-state index contributed by atoms with van der Waals surface area (Å²) in [6.45, 7) is 3.33. The second-order valence-corrected chi connectivity index (χ2v) is 3.70. The maximum absolute atomic E-state index is 12.2. The third-order valence-electron chi connectivity index (χ3n) is 2.79. The van der Waals surface area contributed by atoms with Gasteiger partial charge in [0, 0.05) is 5.92 Å². The molecule has 0 unspecified atom stereocenters. The Morgan fingerprint density at radius 3 is 2.07 bits per heavy atom. The van der Waals surface area contributed by atoms with Gasteiger partial charge in [0.25, 0.3) is 0 Å². The molecule has 0 N–H and O–H groups in total. The summed E-state index contributed by atoms with van der Waals surface area (Å²) in [6.07, 6.45) is -2.05. The van der Waals surface area contributed by atoms with Gasteiger partial charge in [0.15, 0.2) is 5.78 Å². The van der Waals surface area contributed by atoms with Crippen molar-refractivity contribution in [3.05, 3.63) is 12.7 Å². The Morgan fingerprint density at radius 2 is 1.71 bits per heavy atom. The van der Waals surface area contributed by atoms with Crippen molar-refractivity contribution >= 4 is 5.78 Å². The normalized spacial score (nSPS) is 28.5. The first-order chi connectivity index (χ1) is 6.45. The number of ketones is 1. The maximum Gasteiger partial charge on any atom is 0.391 e. The molecule has 1 rings (SSSR count). The van der Waals surface area contributed by atoms with Crippen LogP contribution in [0.2, 0.25) is 0 Å². The minimum atomic E-state index is -4.10. The summed E-state index contributed by atoms with van der Waals surface area (Å²) in [4.78, 5) is 11.1. The molecule has 14 heavy (non-hydrogen) atoms. The van der Waals surface area contributed by atoms with E-state index in [-0.39, 0.29) is 24.5 Å². The first-order valence-electron chi connectivity index (χ1n) is 4.68. The highest BCUT2D eigenvalue weighted by Crippen LogP contribution is 2.39. The molecule has 4 heteroatoms. The van der Waals surface area contributed by atoms with Crippen LogP contribution in [0.25, 0.3) is 0 Å². The highest BCUT2D eigenvalue weighted by molar-refractivity contribution is 5.91. The number of alkyl halides is 3. The second kappa shape index (κ2) is 4.15. The van der Waals surface area contributed by atoms with Crippen LogP contribution >= 0.6 is 0 Å².